The molecule has 7 nitrogen and oxygen atoms in total. The average molecular weight is 482 g/mol. The fourth-order valence-electron chi connectivity index (χ4n) is 3.95. The van der Waals surface area contributed by atoms with Crippen molar-refractivity contribution in [3.63, 3.8) is 0 Å². The molecule has 1 saturated carbocycles. The Bertz CT molecular complexity index is 1160. The third-order valence-electron chi connectivity index (χ3n) is 6.05. The maximum atomic E-state index is 14.2. The lowest BCUT2D eigenvalue weighted by molar-refractivity contribution is 0.0922. The van der Waals surface area contributed by atoms with Gasteiger partial charge in [-0.15, -0.1) is 0 Å². The van der Waals surface area contributed by atoms with Crippen LogP contribution in [0.25, 0.3) is 0 Å². The molecule has 9 heteroatoms. The quantitative estimate of drug-likeness (QED) is 0.380. The van der Waals surface area contributed by atoms with Gasteiger partial charge in [-0.2, -0.15) is 0 Å². The van der Waals surface area contributed by atoms with E-state index < -0.39 is 0 Å². The zero-order valence-electron chi connectivity index (χ0n) is 19.2. The van der Waals surface area contributed by atoms with Gasteiger partial charge in [0.15, 0.2) is 10.9 Å². The number of aromatic nitrogens is 2. The Balaban J connectivity index is 1.22. The maximum absolute atomic E-state index is 14.2. The summed E-state index contributed by atoms with van der Waals surface area (Å²) in [6.45, 7) is 5.06. The molecular formula is C25H28FN5O2S. The van der Waals surface area contributed by atoms with Gasteiger partial charge in [0.05, 0.1) is 11.4 Å². The molecule has 0 bridgehead atoms. The molecule has 2 aliphatic rings. The van der Waals surface area contributed by atoms with Crippen molar-refractivity contribution < 1.29 is 13.6 Å². The van der Waals surface area contributed by atoms with Crippen molar-refractivity contribution in [3.05, 3.63) is 65.5 Å². The first-order valence-corrected chi connectivity index (χ1v) is 12.7. The molecule has 3 aromatic rings. The second-order valence-electron chi connectivity index (χ2n) is 8.58. The zero-order valence-corrected chi connectivity index (χ0v) is 20.0. The van der Waals surface area contributed by atoms with Crippen LogP contribution < -0.4 is 15.1 Å². The molecule has 2 fully saturated rings. The van der Waals surface area contributed by atoms with E-state index >= 15 is 0 Å². The number of benzene rings is 1. The molecule has 1 aliphatic heterocycles. The Labute approximate surface area is 202 Å². The van der Waals surface area contributed by atoms with Crippen LogP contribution in [0.1, 0.15) is 41.8 Å². The molecule has 34 heavy (non-hydrogen) atoms. The summed E-state index contributed by atoms with van der Waals surface area (Å²) in [5.74, 6) is 2.17. The highest BCUT2D eigenvalue weighted by atomic mass is 32.2. The van der Waals surface area contributed by atoms with Gasteiger partial charge in [-0.1, -0.05) is 30.8 Å². The first-order chi connectivity index (χ1) is 16.6. The average Bonchev–Trinajstić information content (AvgIpc) is 3.55. The minimum absolute atomic E-state index is 0.153. The maximum Gasteiger partial charge on any atom is 0.287 e. The largest absolute Gasteiger partial charge is 0.455 e. The van der Waals surface area contributed by atoms with Crippen molar-refractivity contribution in [1.82, 2.24) is 15.3 Å². The van der Waals surface area contributed by atoms with Crippen LogP contribution >= 0.6 is 11.8 Å². The highest BCUT2D eigenvalue weighted by molar-refractivity contribution is 7.98. The standard InChI is InChI=1S/C25H28FN5O2S/c1-2-17-15-23(31-13-11-30(12-14-31)21-6-4-3-5-20(21)26)29-25(28-17)34-16-19-9-10-22(33-19)24(32)27-18-7-8-18/h3-6,9-10,15,18H,2,7-8,11-14,16H2,1H3,(H,27,32). The molecule has 1 N–H and O–H groups in total. The number of halogens is 1. The molecule has 1 saturated heterocycles. The third-order valence-corrected chi connectivity index (χ3v) is 6.92. The van der Waals surface area contributed by atoms with Crippen LogP contribution in [0, 0.1) is 5.82 Å². The van der Waals surface area contributed by atoms with Crippen LogP contribution in [0.5, 0.6) is 0 Å². The van der Waals surface area contributed by atoms with Crippen LogP contribution in [0.3, 0.4) is 0 Å². The van der Waals surface area contributed by atoms with E-state index in [2.05, 4.69) is 27.0 Å². The van der Waals surface area contributed by atoms with Gasteiger partial charge in [-0.25, -0.2) is 14.4 Å². The predicted molar refractivity (Wildman–Crippen MR) is 131 cm³/mol. The smallest absolute Gasteiger partial charge is 0.287 e. The summed E-state index contributed by atoms with van der Waals surface area (Å²) in [6, 6.07) is 12.8. The van der Waals surface area contributed by atoms with Gasteiger partial charge < -0.3 is 19.5 Å². The van der Waals surface area contributed by atoms with Crippen molar-refractivity contribution in [2.45, 2.75) is 43.1 Å². The van der Waals surface area contributed by atoms with Gasteiger partial charge in [0.1, 0.15) is 17.4 Å². The van der Waals surface area contributed by atoms with Crippen LogP contribution in [0.2, 0.25) is 0 Å². The number of hydrogen-bond donors (Lipinski definition) is 1. The fraction of sp³-hybridized carbons (Fsp3) is 0.400. The van der Waals surface area contributed by atoms with Crippen molar-refractivity contribution >= 4 is 29.2 Å². The summed E-state index contributed by atoms with van der Waals surface area (Å²) in [6.07, 6.45) is 2.89. The summed E-state index contributed by atoms with van der Waals surface area (Å²) < 4.78 is 19.9. The second-order valence-corrected chi connectivity index (χ2v) is 9.52. The minimum atomic E-state index is -0.184. The summed E-state index contributed by atoms with van der Waals surface area (Å²) >= 11 is 1.50. The first-order valence-electron chi connectivity index (χ1n) is 11.7. The number of thioether (sulfide) groups is 1. The number of carbonyl (C=O) groups is 1. The van der Waals surface area contributed by atoms with E-state index in [0.29, 0.717) is 28.4 Å². The van der Waals surface area contributed by atoms with E-state index in [9.17, 15) is 9.18 Å². The van der Waals surface area contributed by atoms with Crippen LogP contribution in [0.15, 0.2) is 52.0 Å². The molecule has 0 atom stereocenters. The van der Waals surface area contributed by atoms with Gasteiger partial charge in [0.25, 0.3) is 5.91 Å². The number of amides is 1. The van der Waals surface area contributed by atoms with Crippen LogP contribution in [-0.4, -0.2) is 48.1 Å². The Morgan fingerprint density at radius 1 is 1.12 bits per heavy atom. The Kier molecular flexibility index (Phi) is 6.71. The van der Waals surface area contributed by atoms with E-state index in [1.165, 1.54) is 17.8 Å². The zero-order chi connectivity index (χ0) is 23.5. The Morgan fingerprint density at radius 3 is 2.62 bits per heavy atom. The molecule has 178 valence electrons. The molecule has 0 unspecified atom stereocenters. The number of furan rings is 1. The number of carbonyl (C=O) groups excluding carboxylic acids is 1. The molecule has 3 heterocycles. The lowest BCUT2D eigenvalue weighted by atomic mass is 10.2. The third kappa shape index (κ3) is 5.35. The molecule has 5 rings (SSSR count). The van der Waals surface area contributed by atoms with Crippen LogP contribution in [0.4, 0.5) is 15.9 Å². The number of aryl methyl sites for hydroxylation is 1. The van der Waals surface area contributed by atoms with Gasteiger partial charge in [-0.3, -0.25) is 4.79 Å². The molecule has 2 aromatic heterocycles. The highest BCUT2D eigenvalue weighted by Gasteiger charge is 2.25. The van der Waals surface area contributed by atoms with E-state index in [1.54, 1.807) is 12.1 Å². The van der Waals surface area contributed by atoms with Crippen molar-refractivity contribution in [3.8, 4) is 0 Å². The topological polar surface area (TPSA) is 74.5 Å². The van der Waals surface area contributed by atoms with Crippen LogP contribution in [-0.2, 0) is 12.2 Å². The van der Waals surface area contributed by atoms with Gasteiger partial charge >= 0.3 is 0 Å². The predicted octanol–water partition coefficient (Wildman–Crippen LogP) is 4.28. The number of nitrogens with zero attached hydrogens (tertiary/aromatic N) is 4. The van der Waals surface area contributed by atoms with E-state index in [0.717, 1.165) is 62.7 Å². The molecule has 1 amide bonds. The van der Waals surface area contributed by atoms with E-state index in [1.807, 2.05) is 24.3 Å². The number of rotatable bonds is 8. The summed E-state index contributed by atoms with van der Waals surface area (Å²) in [7, 11) is 0. The first kappa shape index (κ1) is 22.7. The molecule has 1 aliphatic carbocycles. The van der Waals surface area contributed by atoms with Crippen molar-refractivity contribution in [1.29, 1.82) is 0 Å². The summed E-state index contributed by atoms with van der Waals surface area (Å²) in [4.78, 5) is 25.9. The lowest BCUT2D eigenvalue weighted by Crippen LogP contribution is -2.47. The number of hydrogen-bond acceptors (Lipinski definition) is 7. The second kappa shape index (κ2) is 10.0. The van der Waals surface area contributed by atoms with Crippen molar-refractivity contribution in [2.24, 2.45) is 0 Å². The normalized spacial score (nSPS) is 16.1. The summed E-state index contributed by atoms with van der Waals surface area (Å²) in [5.41, 5.74) is 1.63. The number of anilines is 2. The minimum Gasteiger partial charge on any atom is -0.455 e. The fourth-order valence-corrected chi connectivity index (χ4v) is 4.72. The highest BCUT2D eigenvalue weighted by Crippen LogP contribution is 2.27. The monoisotopic (exact) mass is 481 g/mol. The Hall–Kier alpha value is -3.07. The molecular weight excluding hydrogens is 453 g/mol. The lowest BCUT2D eigenvalue weighted by Gasteiger charge is -2.37. The summed E-state index contributed by atoms with van der Waals surface area (Å²) in [5, 5.41) is 3.63. The molecule has 0 spiro atoms. The molecule has 1 aromatic carbocycles. The SMILES string of the molecule is CCc1cc(N2CCN(c3ccccc3F)CC2)nc(SCc2ccc(C(=O)NC3CC3)o2)n1. The number of nitrogens with one attached hydrogen (secondary N) is 1. The Morgan fingerprint density at radius 2 is 1.88 bits per heavy atom. The van der Waals surface area contributed by atoms with Gasteiger partial charge in [0.2, 0.25) is 0 Å². The van der Waals surface area contributed by atoms with E-state index in [4.69, 9.17) is 9.40 Å². The van der Waals surface area contributed by atoms with Gasteiger partial charge in [-0.05, 0) is 43.5 Å². The van der Waals surface area contributed by atoms with E-state index in [-0.39, 0.29) is 11.7 Å². The molecule has 0 radical (unpaired) electrons. The number of para-hydroxylation sites is 1. The number of piperazine rings is 1. The van der Waals surface area contributed by atoms with Gasteiger partial charge in [0, 0.05) is 44.0 Å². The van der Waals surface area contributed by atoms with Crippen molar-refractivity contribution in [2.75, 3.05) is 36.0 Å².